The molecule has 2 unspecified atom stereocenters. The Labute approximate surface area is 93.6 Å². The van der Waals surface area contributed by atoms with Crippen molar-refractivity contribution in [2.24, 2.45) is 5.92 Å². The Kier molecular flexibility index (Phi) is 2.95. The van der Waals surface area contributed by atoms with E-state index >= 15 is 0 Å². The molecule has 2 atom stereocenters. The predicted octanol–water partition coefficient (Wildman–Crippen LogP) is 1.50. The number of alkyl halides is 1. The van der Waals surface area contributed by atoms with Crippen LogP contribution in [0.25, 0.3) is 0 Å². The molecule has 5 heteroatoms. The van der Waals surface area contributed by atoms with Crippen LogP contribution in [0, 0.1) is 5.92 Å². The summed E-state index contributed by atoms with van der Waals surface area (Å²) in [7, 11) is 0. The van der Waals surface area contributed by atoms with Crippen molar-refractivity contribution in [1.82, 2.24) is 15.1 Å². The zero-order valence-electron chi connectivity index (χ0n) is 8.61. The lowest BCUT2D eigenvalue weighted by molar-refractivity contribution is 0.0687. The van der Waals surface area contributed by atoms with E-state index in [0.717, 1.165) is 13.0 Å². The largest absolute Gasteiger partial charge is 0.337 e. The standard InChI is InChI=1S/C10H14ClN3O/c1-7-2-9(11)6-14(5-7)10(15)8-3-12-13-4-8/h3-4,7,9H,2,5-6H2,1H3,(H,12,13). The van der Waals surface area contributed by atoms with E-state index in [4.69, 9.17) is 11.6 Å². The number of nitrogens with one attached hydrogen (secondary N) is 1. The molecule has 0 bridgehead atoms. The van der Waals surface area contributed by atoms with Crippen molar-refractivity contribution in [1.29, 1.82) is 0 Å². The summed E-state index contributed by atoms with van der Waals surface area (Å²) < 4.78 is 0. The first-order chi connectivity index (χ1) is 7.16. The molecule has 4 nitrogen and oxygen atoms in total. The van der Waals surface area contributed by atoms with Crippen molar-refractivity contribution < 1.29 is 4.79 Å². The van der Waals surface area contributed by atoms with E-state index in [1.165, 1.54) is 0 Å². The SMILES string of the molecule is CC1CC(Cl)CN(C(=O)c2cn[nH]c2)C1. The molecule has 0 aliphatic carbocycles. The van der Waals surface area contributed by atoms with Crippen LogP contribution in [0.5, 0.6) is 0 Å². The molecule has 1 aromatic heterocycles. The van der Waals surface area contributed by atoms with Gasteiger partial charge in [0.15, 0.2) is 0 Å². The van der Waals surface area contributed by atoms with Crippen LogP contribution in [0.2, 0.25) is 0 Å². The Hall–Kier alpha value is -1.03. The van der Waals surface area contributed by atoms with E-state index in [0.29, 0.717) is 18.0 Å². The summed E-state index contributed by atoms with van der Waals surface area (Å²) in [4.78, 5) is 13.8. The summed E-state index contributed by atoms with van der Waals surface area (Å²) in [5.74, 6) is 0.484. The Morgan fingerprint density at radius 3 is 3.07 bits per heavy atom. The zero-order chi connectivity index (χ0) is 10.8. The molecular weight excluding hydrogens is 214 g/mol. The minimum Gasteiger partial charge on any atom is -0.337 e. The van der Waals surface area contributed by atoms with E-state index in [9.17, 15) is 4.79 Å². The van der Waals surface area contributed by atoms with Crippen LogP contribution >= 0.6 is 11.6 Å². The summed E-state index contributed by atoms with van der Waals surface area (Å²) >= 11 is 6.09. The molecule has 0 saturated carbocycles. The van der Waals surface area contributed by atoms with E-state index in [1.807, 2.05) is 0 Å². The van der Waals surface area contributed by atoms with Crippen LogP contribution in [-0.2, 0) is 0 Å². The maximum atomic E-state index is 12.0. The first kappa shape index (κ1) is 10.5. The topological polar surface area (TPSA) is 49.0 Å². The summed E-state index contributed by atoms with van der Waals surface area (Å²) in [5.41, 5.74) is 0.605. The first-order valence-corrected chi connectivity index (χ1v) is 5.52. The highest BCUT2D eigenvalue weighted by Crippen LogP contribution is 2.21. The van der Waals surface area contributed by atoms with Gasteiger partial charge in [-0.15, -0.1) is 11.6 Å². The number of rotatable bonds is 1. The Balaban J connectivity index is 2.07. The van der Waals surface area contributed by atoms with E-state index in [1.54, 1.807) is 17.3 Å². The molecule has 1 fully saturated rings. The van der Waals surface area contributed by atoms with Gasteiger partial charge in [-0.25, -0.2) is 0 Å². The number of likely N-dealkylation sites (tertiary alicyclic amines) is 1. The van der Waals surface area contributed by atoms with Crippen LogP contribution in [0.3, 0.4) is 0 Å². The van der Waals surface area contributed by atoms with Crippen LogP contribution in [0.4, 0.5) is 0 Å². The van der Waals surface area contributed by atoms with Crippen LogP contribution in [0.1, 0.15) is 23.7 Å². The smallest absolute Gasteiger partial charge is 0.257 e. The summed E-state index contributed by atoms with van der Waals surface area (Å²) in [6.45, 7) is 3.54. The molecule has 2 heterocycles. The summed E-state index contributed by atoms with van der Waals surface area (Å²) in [6.07, 6.45) is 4.15. The quantitative estimate of drug-likeness (QED) is 0.740. The maximum absolute atomic E-state index is 12.0. The van der Waals surface area contributed by atoms with Gasteiger partial charge >= 0.3 is 0 Å². The van der Waals surface area contributed by atoms with Gasteiger partial charge in [0.1, 0.15) is 0 Å². The number of carbonyl (C=O) groups excluding carboxylic acids is 1. The highest BCUT2D eigenvalue weighted by molar-refractivity contribution is 6.21. The van der Waals surface area contributed by atoms with Gasteiger partial charge < -0.3 is 4.90 Å². The van der Waals surface area contributed by atoms with Gasteiger partial charge in [0.25, 0.3) is 5.91 Å². The number of piperidine rings is 1. The normalized spacial score (nSPS) is 26.7. The Bertz CT molecular complexity index is 328. The molecule has 2 rings (SSSR count). The van der Waals surface area contributed by atoms with Gasteiger partial charge in [-0.2, -0.15) is 5.10 Å². The summed E-state index contributed by atoms with van der Waals surface area (Å²) in [6, 6.07) is 0. The van der Waals surface area contributed by atoms with Crippen molar-refractivity contribution in [2.45, 2.75) is 18.7 Å². The van der Waals surface area contributed by atoms with Crippen LogP contribution in [0.15, 0.2) is 12.4 Å². The number of hydrogen-bond donors (Lipinski definition) is 1. The second-order valence-corrected chi connectivity index (χ2v) is 4.75. The molecule has 15 heavy (non-hydrogen) atoms. The number of carbonyl (C=O) groups is 1. The molecule has 1 aliphatic rings. The lowest BCUT2D eigenvalue weighted by Gasteiger charge is -2.33. The third-order valence-corrected chi connectivity index (χ3v) is 2.96. The predicted molar refractivity (Wildman–Crippen MR) is 57.9 cm³/mol. The Morgan fingerprint density at radius 2 is 2.47 bits per heavy atom. The number of halogens is 1. The zero-order valence-corrected chi connectivity index (χ0v) is 9.37. The minimum absolute atomic E-state index is 0.0148. The molecule has 1 aromatic rings. The molecule has 1 aliphatic heterocycles. The van der Waals surface area contributed by atoms with Crippen molar-refractivity contribution in [3.63, 3.8) is 0 Å². The van der Waals surface area contributed by atoms with Gasteiger partial charge in [0, 0.05) is 19.3 Å². The fourth-order valence-corrected chi connectivity index (χ4v) is 2.46. The van der Waals surface area contributed by atoms with E-state index < -0.39 is 0 Å². The number of aromatic nitrogens is 2. The van der Waals surface area contributed by atoms with Crippen molar-refractivity contribution in [2.75, 3.05) is 13.1 Å². The number of H-pyrrole nitrogens is 1. The highest BCUT2D eigenvalue weighted by atomic mass is 35.5. The lowest BCUT2D eigenvalue weighted by Crippen LogP contribution is -2.43. The van der Waals surface area contributed by atoms with E-state index in [-0.39, 0.29) is 11.3 Å². The van der Waals surface area contributed by atoms with Gasteiger partial charge in [0.2, 0.25) is 0 Å². The minimum atomic E-state index is 0.0148. The highest BCUT2D eigenvalue weighted by Gasteiger charge is 2.27. The fraction of sp³-hybridized carbons (Fsp3) is 0.600. The molecule has 0 spiro atoms. The van der Waals surface area contributed by atoms with Gasteiger partial charge in [-0.05, 0) is 12.3 Å². The molecule has 1 amide bonds. The third-order valence-electron chi connectivity index (χ3n) is 2.64. The number of amides is 1. The fourth-order valence-electron chi connectivity index (χ4n) is 1.99. The monoisotopic (exact) mass is 227 g/mol. The molecular formula is C10H14ClN3O. The first-order valence-electron chi connectivity index (χ1n) is 5.09. The van der Waals surface area contributed by atoms with Crippen molar-refractivity contribution in [3.05, 3.63) is 18.0 Å². The second-order valence-electron chi connectivity index (χ2n) is 4.14. The van der Waals surface area contributed by atoms with Gasteiger partial charge in [-0.3, -0.25) is 9.89 Å². The molecule has 0 radical (unpaired) electrons. The van der Waals surface area contributed by atoms with Crippen molar-refractivity contribution >= 4 is 17.5 Å². The summed E-state index contributed by atoms with van der Waals surface area (Å²) in [5, 5.41) is 6.49. The third kappa shape index (κ3) is 2.31. The van der Waals surface area contributed by atoms with Gasteiger partial charge in [0.05, 0.1) is 17.1 Å². The molecule has 1 saturated heterocycles. The average Bonchev–Trinajstić information content (AvgIpc) is 2.67. The molecule has 1 N–H and O–H groups in total. The van der Waals surface area contributed by atoms with Crippen LogP contribution < -0.4 is 0 Å². The van der Waals surface area contributed by atoms with Gasteiger partial charge in [-0.1, -0.05) is 6.92 Å². The average molecular weight is 228 g/mol. The molecule has 82 valence electrons. The van der Waals surface area contributed by atoms with Crippen LogP contribution in [-0.4, -0.2) is 39.5 Å². The lowest BCUT2D eigenvalue weighted by atomic mass is 9.99. The number of aromatic amines is 1. The van der Waals surface area contributed by atoms with Crippen molar-refractivity contribution in [3.8, 4) is 0 Å². The maximum Gasteiger partial charge on any atom is 0.257 e. The number of nitrogens with zero attached hydrogens (tertiary/aromatic N) is 2. The van der Waals surface area contributed by atoms with E-state index in [2.05, 4.69) is 17.1 Å². The Morgan fingerprint density at radius 1 is 1.67 bits per heavy atom. The second kappa shape index (κ2) is 4.23. The molecule has 0 aromatic carbocycles. The number of hydrogen-bond acceptors (Lipinski definition) is 2.